The van der Waals surface area contributed by atoms with Crippen LogP contribution in [0.2, 0.25) is 0 Å². The minimum absolute atomic E-state index is 0.0705. The summed E-state index contributed by atoms with van der Waals surface area (Å²) in [4.78, 5) is 19.6. The summed E-state index contributed by atoms with van der Waals surface area (Å²) >= 11 is 3.41. The fraction of sp³-hybridized carbons (Fsp3) is 0.154. The van der Waals surface area contributed by atoms with Crippen molar-refractivity contribution in [3.63, 3.8) is 0 Å². The Labute approximate surface area is 114 Å². The van der Waals surface area contributed by atoms with Crippen LogP contribution in [0.5, 0.6) is 0 Å². The number of nitrogens with zero attached hydrogens (tertiary/aromatic N) is 2. The van der Waals surface area contributed by atoms with Gasteiger partial charge < -0.3 is 5.32 Å². The van der Waals surface area contributed by atoms with Crippen LogP contribution in [0.25, 0.3) is 0 Å². The fourth-order valence-corrected chi connectivity index (χ4v) is 2.09. The standard InChI is InChI=1S/C13H12BrN3O/c14-6-12(10-4-2-1-3-5-10)17-13(18)11-7-15-9-16-8-11/h1-5,7-9,12H,6H2,(H,17,18). The van der Waals surface area contributed by atoms with Crippen molar-refractivity contribution in [3.8, 4) is 0 Å². The zero-order valence-electron chi connectivity index (χ0n) is 9.58. The van der Waals surface area contributed by atoms with Gasteiger partial charge in [0.1, 0.15) is 6.33 Å². The lowest BCUT2D eigenvalue weighted by Crippen LogP contribution is -2.29. The summed E-state index contributed by atoms with van der Waals surface area (Å²) in [6.45, 7) is 0. The largest absolute Gasteiger partial charge is 0.344 e. The predicted molar refractivity (Wildman–Crippen MR) is 72.5 cm³/mol. The Hall–Kier alpha value is -1.75. The summed E-state index contributed by atoms with van der Waals surface area (Å²) in [5.74, 6) is -0.177. The number of rotatable bonds is 4. The summed E-state index contributed by atoms with van der Waals surface area (Å²) in [6.07, 6.45) is 4.40. The second kappa shape index (κ2) is 6.26. The molecule has 0 aliphatic rings. The molecule has 0 aliphatic heterocycles. The van der Waals surface area contributed by atoms with E-state index >= 15 is 0 Å². The van der Waals surface area contributed by atoms with Gasteiger partial charge in [0.2, 0.25) is 0 Å². The maximum atomic E-state index is 12.0. The number of carbonyl (C=O) groups is 1. The zero-order valence-corrected chi connectivity index (χ0v) is 11.2. The van der Waals surface area contributed by atoms with Gasteiger partial charge in [0, 0.05) is 17.7 Å². The fourth-order valence-electron chi connectivity index (χ4n) is 1.55. The van der Waals surface area contributed by atoms with Crippen molar-refractivity contribution in [1.82, 2.24) is 15.3 Å². The molecule has 5 heteroatoms. The van der Waals surface area contributed by atoms with E-state index in [1.54, 1.807) is 0 Å². The first-order valence-corrected chi connectivity index (χ1v) is 6.60. The van der Waals surface area contributed by atoms with E-state index in [4.69, 9.17) is 0 Å². The van der Waals surface area contributed by atoms with Crippen molar-refractivity contribution < 1.29 is 4.79 Å². The third-order valence-electron chi connectivity index (χ3n) is 2.48. The van der Waals surface area contributed by atoms with E-state index in [1.165, 1.54) is 18.7 Å². The number of carbonyl (C=O) groups excluding carboxylic acids is 1. The highest BCUT2D eigenvalue weighted by Crippen LogP contribution is 2.15. The minimum atomic E-state index is -0.177. The van der Waals surface area contributed by atoms with E-state index in [9.17, 15) is 4.79 Å². The van der Waals surface area contributed by atoms with Crippen molar-refractivity contribution in [2.75, 3.05) is 5.33 Å². The summed E-state index contributed by atoms with van der Waals surface area (Å²) in [5, 5.41) is 3.58. The average Bonchev–Trinajstić information content (AvgIpc) is 2.46. The van der Waals surface area contributed by atoms with Crippen LogP contribution < -0.4 is 5.32 Å². The lowest BCUT2D eigenvalue weighted by atomic mass is 10.1. The maximum Gasteiger partial charge on any atom is 0.254 e. The number of alkyl halides is 1. The lowest BCUT2D eigenvalue weighted by Gasteiger charge is -2.16. The average molecular weight is 306 g/mol. The number of amides is 1. The Morgan fingerprint density at radius 3 is 2.50 bits per heavy atom. The van der Waals surface area contributed by atoms with E-state index < -0.39 is 0 Å². The Kier molecular flexibility index (Phi) is 4.41. The van der Waals surface area contributed by atoms with E-state index in [-0.39, 0.29) is 11.9 Å². The summed E-state index contributed by atoms with van der Waals surface area (Å²) in [6, 6.07) is 9.73. The first-order valence-electron chi connectivity index (χ1n) is 5.48. The van der Waals surface area contributed by atoms with Crippen LogP contribution in [0.15, 0.2) is 49.1 Å². The molecule has 18 heavy (non-hydrogen) atoms. The molecular weight excluding hydrogens is 294 g/mol. The van der Waals surface area contributed by atoms with Gasteiger partial charge in [-0.2, -0.15) is 0 Å². The first-order chi connectivity index (χ1) is 8.81. The number of hydrogen-bond donors (Lipinski definition) is 1. The minimum Gasteiger partial charge on any atom is -0.344 e. The second-order valence-corrected chi connectivity index (χ2v) is 4.37. The molecule has 1 amide bonds. The number of nitrogens with one attached hydrogen (secondary N) is 1. The van der Waals surface area contributed by atoms with Crippen LogP contribution in [-0.4, -0.2) is 21.2 Å². The molecule has 0 radical (unpaired) electrons. The summed E-state index contributed by atoms with van der Waals surface area (Å²) < 4.78 is 0. The van der Waals surface area contributed by atoms with Gasteiger partial charge in [0.25, 0.3) is 5.91 Å². The molecule has 2 rings (SSSR count). The molecule has 0 spiro atoms. The van der Waals surface area contributed by atoms with Crippen LogP contribution in [0, 0.1) is 0 Å². The third-order valence-corrected chi connectivity index (χ3v) is 3.13. The van der Waals surface area contributed by atoms with Gasteiger partial charge in [-0.3, -0.25) is 4.79 Å². The van der Waals surface area contributed by atoms with E-state index in [2.05, 4.69) is 31.2 Å². The van der Waals surface area contributed by atoms with Gasteiger partial charge in [0.05, 0.1) is 11.6 Å². The molecule has 2 aromatic rings. The normalized spacial score (nSPS) is 11.8. The van der Waals surface area contributed by atoms with Crippen LogP contribution in [-0.2, 0) is 0 Å². The third kappa shape index (κ3) is 3.13. The van der Waals surface area contributed by atoms with Crippen molar-refractivity contribution in [2.45, 2.75) is 6.04 Å². The van der Waals surface area contributed by atoms with Crippen LogP contribution >= 0.6 is 15.9 Å². The quantitative estimate of drug-likeness (QED) is 0.882. The smallest absolute Gasteiger partial charge is 0.254 e. The molecule has 1 N–H and O–H groups in total. The van der Waals surface area contributed by atoms with Crippen LogP contribution in [0.1, 0.15) is 22.0 Å². The van der Waals surface area contributed by atoms with Crippen molar-refractivity contribution >= 4 is 21.8 Å². The molecular formula is C13H12BrN3O. The molecule has 0 bridgehead atoms. The van der Waals surface area contributed by atoms with Crippen molar-refractivity contribution in [3.05, 3.63) is 60.2 Å². The highest BCUT2D eigenvalue weighted by Gasteiger charge is 2.14. The molecule has 1 aromatic carbocycles. The first kappa shape index (κ1) is 12.7. The molecule has 92 valence electrons. The highest BCUT2D eigenvalue weighted by molar-refractivity contribution is 9.09. The van der Waals surface area contributed by atoms with Crippen LogP contribution in [0.3, 0.4) is 0 Å². The number of halogens is 1. The van der Waals surface area contributed by atoms with Gasteiger partial charge in [-0.05, 0) is 5.56 Å². The van der Waals surface area contributed by atoms with Gasteiger partial charge in [-0.15, -0.1) is 0 Å². The van der Waals surface area contributed by atoms with Crippen molar-refractivity contribution in [2.24, 2.45) is 0 Å². The van der Waals surface area contributed by atoms with E-state index in [0.717, 1.165) is 5.56 Å². The molecule has 0 aliphatic carbocycles. The molecule has 0 fully saturated rings. The molecule has 1 unspecified atom stereocenters. The molecule has 1 atom stereocenters. The van der Waals surface area contributed by atoms with Gasteiger partial charge in [-0.25, -0.2) is 9.97 Å². The number of aromatic nitrogens is 2. The van der Waals surface area contributed by atoms with Crippen LogP contribution in [0.4, 0.5) is 0 Å². The predicted octanol–water partition coefficient (Wildman–Crippen LogP) is 2.34. The van der Waals surface area contributed by atoms with E-state index in [1.807, 2.05) is 30.3 Å². The Bertz CT molecular complexity index is 504. The maximum absolute atomic E-state index is 12.0. The molecule has 1 aromatic heterocycles. The molecule has 0 saturated carbocycles. The van der Waals surface area contributed by atoms with Gasteiger partial charge in [-0.1, -0.05) is 46.3 Å². The monoisotopic (exact) mass is 305 g/mol. The zero-order chi connectivity index (χ0) is 12.8. The Morgan fingerprint density at radius 2 is 1.89 bits per heavy atom. The lowest BCUT2D eigenvalue weighted by molar-refractivity contribution is 0.0940. The number of hydrogen-bond acceptors (Lipinski definition) is 3. The van der Waals surface area contributed by atoms with Gasteiger partial charge in [0.15, 0.2) is 0 Å². The van der Waals surface area contributed by atoms with E-state index in [0.29, 0.717) is 10.9 Å². The van der Waals surface area contributed by atoms with Gasteiger partial charge >= 0.3 is 0 Å². The second-order valence-electron chi connectivity index (χ2n) is 3.72. The molecule has 0 saturated heterocycles. The SMILES string of the molecule is O=C(NC(CBr)c1ccccc1)c1cncnc1. The summed E-state index contributed by atoms with van der Waals surface area (Å²) in [5.41, 5.74) is 1.51. The number of benzene rings is 1. The topological polar surface area (TPSA) is 54.9 Å². The Balaban J connectivity index is 2.10. The molecule has 1 heterocycles. The van der Waals surface area contributed by atoms with Crippen molar-refractivity contribution in [1.29, 1.82) is 0 Å². The molecule has 4 nitrogen and oxygen atoms in total. The Morgan fingerprint density at radius 1 is 1.22 bits per heavy atom. The summed E-state index contributed by atoms with van der Waals surface area (Å²) in [7, 11) is 0. The highest BCUT2D eigenvalue weighted by atomic mass is 79.9.